The minimum absolute atomic E-state index is 0.136. The molecule has 0 bridgehead atoms. The zero-order valence-electron chi connectivity index (χ0n) is 9.40. The minimum Gasteiger partial charge on any atom is -0.494 e. The molecule has 0 aliphatic carbocycles. The van der Waals surface area contributed by atoms with Crippen molar-refractivity contribution in [3.63, 3.8) is 0 Å². The number of hydrogen-bond acceptors (Lipinski definition) is 3. The molecule has 0 amide bonds. The van der Waals surface area contributed by atoms with E-state index in [1.807, 2.05) is 31.2 Å². The Morgan fingerprint density at radius 2 is 2.19 bits per heavy atom. The van der Waals surface area contributed by atoms with Gasteiger partial charge in [-0.25, -0.2) is 0 Å². The quantitative estimate of drug-likeness (QED) is 0.690. The molecule has 88 valence electrons. The molecule has 1 rings (SSSR count). The van der Waals surface area contributed by atoms with Gasteiger partial charge >= 0.3 is 5.97 Å². The Morgan fingerprint density at radius 1 is 1.44 bits per heavy atom. The van der Waals surface area contributed by atoms with Crippen LogP contribution in [-0.2, 0) is 11.3 Å². The van der Waals surface area contributed by atoms with Crippen LogP contribution in [0.1, 0.15) is 18.9 Å². The molecule has 0 radical (unpaired) electrons. The molecule has 16 heavy (non-hydrogen) atoms. The Balaban J connectivity index is 2.43. The maximum Gasteiger partial charge on any atom is 0.304 e. The molecule has 4 heteroatoms. The molecule has 1 aromatic carbocycles. The molecule has 0 aliphatic heterocycles. The van der Waals surface area contributed by atoms with Crippen LogP contribution in [0.15, 0.2) is 24.3 Å². The van der Waals surface area contributed by atoms with E-state index < -0.39 is 5.97 Å². The maximum atomic E-state index is 10.3. The number of aliphatic carboxylic acids is 1. The Morgan fingerprint density at radius 3 is 2.88 bits per heavy atom. The highest BCUT2D eigenvalue weighted by atomic mass is 16.5. The largest absolute Gasteiger partial charge is 0.494 e. The van der Waals surface area contributed by atoms with Crippen molar-refractivity contribution in [1.82, 2.24) is 5.32 Å². The first-order chi connectivity index (χ1) is 7.74. The number of nitrogens with one attached hydrogen (secondary N) is 1. The lowest BCUT2D eigenvalue weighted by molar-refractivity contribution is -0.136. The lowest BCUT2D eigenvalue weighted by atomic mass is 10.2. The SMILES string of the molecule is CCOc1ccccc1CNCCC(=O)O. The number of carbonyl (C=O) groups is 1. The fourth-order valence-corrected chi connectivity index (χ4v) is 1.36. The average molecular weight is 223 g/mol. The zero-order valence-corrected chi connectivity index (χ0v) is 9.40. The molecule has 0 aromatic heterocycles. The van der Waals surface area contributed by atoms with Crippen LogP contribution in [0.2, 0.25) is 0 Å². The Kier molecular flexibility index (Phi) is 5.36. The van der Waals surface area contributed by atoms with Crippen molar-refractivity contribution < 1.29 is 14.6 Å². The summed E-state index contributed by atoms with van der Waals surface area (Å²) in [6.45, 7) is 3.67. The molecular formula is C12H17NO3. The van der Waals surface area contributed by atoms with Crippen molar-refractivity contribution in [2.75, 3.05) is 13.2 Å². The minimum atomic E-state index is -0.786. The Hall–Kier alpha value is -1.55. The van der Waals surface area contributed by atoms with Gasteiger partial charge in [0, 0.05) is 18.7 Å². The fraction of sp³-hybridized carbons (Fsp3) is 0.417. The lowest BCUT2D eigenvalue weighted by Crippen LogP contribution is -2.18. The van der Waals surface area contributed by atoms with Crippen LogP contribution in [-0.4, -0.2) is 24.2 Å². The van der Waals surface area contributed by atoms with Gasteiger partial charge in [0.2, 0.25) is 0 Å². The fourth-order valence-electron chi connectivity index (χ4n) is 1.36. The summed E-state index contributed by atoms with van der Waals surface area (Å²) in [5.41, 5.74) is 1.05. The van der Waals surface area contributed by atoms with Crippen LogP contribution >= 0.6 is 0 Å². The number of benzene rings is 1. The predicted molar refractivity (Wildman–Crippen MR) is 61.6 cm³/mol. The highest BCUT2D eigenvalue weighted by Gasteiger charge is 2.02. The van der Waals surface area contributed by atoms with E-state index in [4.69, 9.17) is 9.84 Å². The number of rotatable bonds is 7. The molecule has 1 aromatic rings. The maximum absolute atomic E-state index is 10.3. The molecule has 2 N–H and O–H groups in total. The van der Waals surface area contributed by atoms with Gasteiger partial charge in [-0.1, -0.05) is 18.2 Å². The highest BCUT2D eigenvalue weighted by molar-refractivity contribution is 5.66. The number of carboxylic acid groups (broad SMARTS) is 1. The van der Waals surface area contributed by atoms with Gasteiger partial charge in [-0.15, -0.1) is 0 Å². The molecule has 0 saturated carbocycles. The second-order valence-corrected chi connectivity index (χ2v) is 3.36. The van der Waals surface area contributed by atoms with E-state index >= 15 is 0 Å². The smallest absolute Gasteiger partial charge is 0.304 e. The predicted octanol–water partition coefficient (Wildman–Crippen LogP) is 1.65. The van der Waals surface area contributed by atoms with Crippen molar-refractivity contribution in [2.24, 2.45) is 0 Å². The van der Waals surface area contributed by atoms with E-state index in [2.05, 4.69) is 5.32 Å². The third-order valence-corrected chi connectivity index (χ3v) is 2.10. The summed E-state index contributed by atoms with van der Waals surface area (Å²) in [4.78, 5) is 10.3. The molecule has 4 nitrogen and oxygen atoms in total. The van der Waals surface area contributed by atoms with Gasteiger partial charge < -0.3 is 15.2 Å². The van der Waals surface area contributed by atoms with E-state index in [1.165, 1.54) is 0 Å². The van der Waals surface area contributed by atoms with Gasteiger partial charge in [0.15, 0.2) is 0 Å². The van der Waals surface area contributed by atoms with Crippen molar-refractivity contribution in [3.05, 3.63) is 29.8 Å². The van der Waals surface area contributed by atoms with Crippen molar-refractivity contribution in [3.8, 4) is 5.75 Å². The lowest BCUT2D eigenvalue weighted by Gasteiger charge is -2.10. The average Bonchev–Trinajstić information content (AvgIpc) is 2.26. The van der Waals surface area contributed by atoms with Gasteiger partial charge in [-0.05, 0) is 13.0 Å². The summed E-state index contributed by atoms with van der Waals surface area (Å²) in [7, 11) is 0. The summed E-state index contributed by atoms with van der Waals surface area (Å²) >= 11 is 0. The highest BCUT2D eigenvalue weighted by Crippen LogP contribution is 2.17. The third-order valence-electron chi connectivity index (χ3n) is 2.10. The standard InChI is InChI=1S/C12H17NO3/c1-2-16-11-6-4-3-5-10(11)9-13-8-7-12(14)15/h3-6,13H,2,7-9H2,1H3,(H,14,15). The molecule has 0 spiro atoms. The molecule has 0 saturated heterocycles. The second-order valence-electron chi connectivity index (χ2n) is 3.36. The van der Waals surface area contributed by atoms with Gasteiger partial charge in [-0.3, -0.25) is 4.79 Å². The van der Waals surface area contributed by atoms with E-state index in [9.17, 15) is 4.79 Å². The summed E-state index contributed by atoms with van der Waals surface area (Å²) < 4.78 is 5.46. The summed E-state index contributed by atoms with van der Waals surface area (Å²) in [5.74, 6) is 0.0680. The van der Waals surface area contributed by atoms with Crippen molar-refractivity contribution in [1.29, 1.82) is 0 Å². The Labute approximate surface area is 95.2 Å². The van der Waals surface area contributed by atoms with E-state index in [1.54, 1.807) is 0 Å². The van der Waals surface area contributed by atoms with Gasteiger partial charge in [0.05, 0.1) is 13.0 Å². The number of carboxylic acids is 1. The monoisotopic (exact) mass is 223 g/mol. The molecule has 0 fully saturated rings. The van der Waals surface area contributed by atoms with Crippen LogP contribution in [0.25, 0.3) is 0 Å². The third kappa shape index (κ3) is 4.31. The van der Waals surface area contributed by atoms with E-state index in [-0.39, 0.29) is 6.42 Å². The van der Waals surface area contributed by atoms with Gasteiger partial charge in [0.1, 0.15) is 5.75 Å². The number of para-hydroxylation sites is 1. The van der Waals surface area contributed by atoms with Gasteiger partial charge in [0.25, 0.3) is 0 Å². The summed E-state index contributed by atoms with van der Waals surface area (Å²) in [5, 5.41) is 11.6. The van der Waals surface area contributed by atoms with E-state index in [0.717, 1.165) is 11.3 Å². The molecule has 0 aliphatic rings. The van der Waals surface area contributed by atoms with Crippen LogP contribution in [0, 0.1) is 0 Å². The normalized spacial score (nSPS) is 10.1. The van der Waals surface area contributed by atoms with Crippen molar-refractivity contribution in [2.45, 2.75) is 19.9 Å². The second kappa shape index (κ2) is 6.85. The summed E-state index contributed by atoms with van der Waals surface area (Å²) in [6, 6.07) is 7.75. The molecule has 0 heterocycles. The first kappa shape index (κ1) is 12.5. The topological polar surface area (TPSA) is 58.6 Å². The van der Waals surface area contributed by atoms with Crippen LogP contribution in [0.4, 0.5) is 0 Å². The zero-order chi connectivity index (χ0) is 11.8. The van der Waals surface area contributed by atoms with Crippen molar-refractivity contribution >= 4 is 5.97 Å². The molecule has 0 atom stereocenters. The first-order valence-electron chi connectivity index (χ1n) is 5.37. The molecular weight excluding hydrogens is 206 g/mol. The first-order valence-corrected chi connectivity index (χ1v) is 5.37. The summed E-state index contributed by atoms with van der Waals surface area (Å²) in [6.07, 6.45) is 0.136. The van der Waals surface area contributed by atoms with E-state index in [0.29, 0.717) is 19.7 Å². The van der Waals surface area contributed by atoms with Crippen LogP contribution in [0.5, 0.6) is 5.75 Å². The number of hydrogen-bond donors (Lipinski definition) is 2. The molecule has 0 unspecified atom stereocenters. The van der Waals surface area contributed by atoms with Crippen LogP contribution < -0.4 is 10.1 Å². The van der Waals surface area contributed by atoms with Crippen LogP contribution in [0.3, 0.4) is 0 Å². The van der Waals surface area contributed by atoms with Gasteiger partial charge in [-0.2, -0.15) is 0 Å². The Bertz CT molecular complexity index is 339. The number of ether oxygens (including phenoxy) is 1.